The third-order valence-corrected chi connectivity index (χ3v) is 5.70. The van der Waals surface area contributed by atoms with Crippen molar-refractivity contribution in [1.82, 2.24) is 4.98 Å². The van der Waals surface area contributed by atoms with Crippen molar-refractivity contribution in [2.24, 2.45) is 4.99 Å². The quantitative estimate of drug-likeness (QED) is 0.211. The summed E-state index contributed by atoms with van der Waals surface area (Å²) in [6, 6.07) is 14.8. The first-order valence-electron chi connectivity index (χ1n) is 8.56. The van der Waals surface area contributed by atoms with E-state index in [1.807, 2.05) is 36.4 Å². The van der Waals surface area contributed by atoms with E-state index in [-0.39, 0.29) is 6.79 Å². The van der Waals surface area contributed by atoms with E-state index in [2.05, 4.69) is 32.6 Å². The molecule has 0 N–H and O–H groups in total. The molecule has 0 bridgehead atoms. The van der Waals surface area contributed by atoms with Gasteiger partial charge in [0.15, 0.2) is 17.1 Å². The number of fused-ring (bicyclic) bond motifs is 2. The Morgan fingerprint density at radius 3 is 2.66 bits per heavy atom. The van der Waals surface area contributed by atoms with E-state index in [1.54, 1.807) is 18.3 Å². The minimum absolute atomic E-state index is 0.196. The van der Waals surface area contributed by atoms with Gasteiger partial charge in [0.1, 0.15) is 5.52 Å². The van der Waals surface area contributed by atoms with Crippen LogP contribution >= 0.6 is 45.8 Å². The van der Waals surface area contributed by atoms with Crippen LogP contribution in [0, 0.1) is 3.57 Å². The van der Waals surface area contributed by atoms with E-state index < -0.39 is 0 Å². The Kier molecular flexibility index (Phi) is 4.85. The van der Waals surface area contributed by atoms with Gasteiger partial charge in [-0.1, -0.05) is 23.2 Å². The minimum Gasteiger partial charge on any atom is -0.454 e. The number of rotatable bonds is 3. The van der Waals surface area contributed by atoms with E-state index in [1.165, 1.54) is 0 Å². The van der Waals surface area contributed by atoms with E-state index in [9.17, 15) is 0 Å². The highest BCUT2D eigenvalue weighted by molar-refractivity contribution is 14.1. The first-order chi connectivity index (χ1) is 14.1. The van der Waals surface area contributed by atoms with Crippen LogP contribution in [0.2, 0.25) is 10.0 Å². The first-order valence-corrected chi connectivity index (χ1v) is 10.4. The van der Waals surface area contributed by atoms with Crippen molar-refractivity contribution in [3.05, 3.63) is 67.7 Å². The fraction of sp³-hybridized carbons (Fsp3) is 0.0476. The molecule has 144 valence electrons. The summed E-state index contributed by atoms with van der Waals surface area (Å²) < 4.78 is 17.6. The Morgan fingerprint density at radius 2 is 1.79 bits per heavy atom. The second-order valence-corrected chi connectivity index (χ2v) is 8.34. The molecule has 0 saturated heterocycles. The number of aromatic nitrogens is 1. The lowest BCUT2D eigenvalue weighted by Gasteiger charge is -2.01. The molecular formula is C21H11Cl2IN2O3. The fourth-order valence-electron chi connectivity index (χ4n) is 2.95. The maximum absolute atomic E-state index is 6.30. The molecule has 0 unspecified atom stereocenters. The first kappa shape index (κ1) is 18.7. The van der Waals surface area contributed by atoms with Gasteiger partial charge in [-0.2, -0.15) is 0 Å². The Balaban J connectivity index is 1.48. The van der Waals surface area contributed by atoms with Gasteiger partial charge in [-0.3, -0.25) is 4.99 Å². The lowest BCUT2D eigenvalue weighted by molar-refractivity contribution is 0.174. The summed E-state index contributed by atoms with van der Waals surface area (Å²) in [4.78, 5) is 9.09. The average Bonchev–Trinajstić information content (AvgIpc) is 3.33. The summed E-state index contributed by atoms with van der Waals surface area (Å²) in [6.45, 7) is 0.196. The van der Waals surface area contributed by atoms with E-state index in [0.717, 1.165) is 20.4 Å². The maximum atomic E-state index is 6.30. The molecule has 0 fully saturated rings. The number of ether oxygens (including phenoxy) is 2. The summed E-state index contributed by atoms with van der Waals surface area (Å²) in [5.74, 6) is 1.77. The number of benzene rings is 3. The SMILES string of the molecule is Clc1cc2c(cc1C=Nc1ccc3oc(-c4cc(I)ccc4Cl)nc3c1)OCO2. The molecule has 5 rings (SSSR count). The van der Waals surface area contributed by atoms with Crippen molar-refractivity contribution < 1.29 is 13.9 Å². The molecule has 0 amide bonds. The van der Waals surface area contributed by atoms with Crippen LogP contribution in [-0.4, -0.2) is 18.0 Å². The van der Waals surface area contributed by atoms with Crippen LogP contribution in [0.15, 0.2) is 57.9 Å². The largest absolute Gasteiger partial charge is 0.454 e. The molecule has 0 saturated carbocycles. The Labute approximate surface area is 189 Å². The van der Waals surface area contributed by atoms with E-state index >= 15 is 0 Å². The molecule has 3 aromatic carbocycles. The lowest BCUT2D eigenvalue weighted by Crippen LogP contribution is -1.92. The Hall–Kier alpha value is -2.29. The van der Waals surface area contributed by atoms with Crippen molar-refractivity contribution in [3.63, 3.8) is 0 Å². The highest BCUT2D eigenvalue weighted by Crippen LogP contribution is 2.36. The predicted molar refractivity (Wildman–Crippen MR) is 122 cm³/mol. The molecule has 2 heterocycles. The molecule has 1 aliphatic rings. The highest BCUT2D eigenvalue weighted by Gasteiger charge is 2.16. The molecule has 0 spiro atoms. The van der Waals surface area contributed by atoms with Gasteiger partial charge >= 0.3 is 0 Å². The van der Waals surface area contributed by atoms with Crippen LogP contribution in [-0.2, 0) is 0 Å². The van der Waals surface area contributed by atoms with Gasteiger partial charge < -0.3 is 13.9 Å². The smallest absolute Gasteiger partial charge is 0.231 e. The second kappa shape index (κ2) is 7.51. The summed E-state index contributed by atoms with van der Waals surface area (Å²) in [7, 11) is 0. The fourth-order valence-corrected chi connectivity index (χ4v) is 3.84. The summed E-state index contributed by atoms with van der Waals surface area (Å²) >= 11 is 14.8. The summed E-state index contributed by atoms with van der Waals surface area (Å²) in [5.41, 5.74) is 3.57. The molecule has 1 aliphatic heterocycles. The summed E-state index contributed by atoms with van der Waals surface area (Å²) in [5, 5.41) is 1.13. The van der Waals surface area contributed by atoms with E-state index in [0.29, 0.717) is 38.5 Å². The van der Waals surface area contributed by atoms with Crippen molar-refractivity contribution in [2.75, 3.05) is 6.79 Å². The predicted octanol–water partition coefficient (Wildman–Crippen LogP) is 6.89. The minimum atomic E-state index is 0.196. The lowest BCUT2D eigenvalue weighted by atomic mass is 10.2. The van der Waals surface area contributed by atoms with Gasteiger partial charge in [-0.25, -0.2) is 4.98 Å². The van der Waals surface area contributed by atoms with E-state index in [4.69, 9.17) is 37.1 Å². The molecular weight excluding hydrogens is 526 g/mol. The molecule has 29 heavy (non-hydrogen) atoms. The highest BCUT2D eigenvalue weighted by atomic mass is 127. The van der Waals surface area contributed by atoms with Crippen LogP contribution < -0.4 is 9.47 Å². The topological polar surface area (TPSA) is 56.9 Å². The van der Waals surface area contributed by atoms with Gasteiger partial charge in [0, 0.05) is 21.4 Å². The summed E-state index contributed by atoms with van der Waals surface area (Å²) in [6.07, 6.45) is 1.68. The zero-order chi connectivity index (χ0) is 20.0. The van der Waals surface area contributed by atoms with Crippen LogP contribution in [0.4, 0.5) is 5.69 Å². The third kappa shape index (κ3) is 3.68. The van der Waals surface area contributed by atoms with Gasteiger partial charge in [0.2, 0.25) is 12.7 Å². The normalized spacial score (nSPS) is 12.9. The number of halogens is 3. The van der Waals surface area contributed by atoms with Crippen molar-refractivity contribution in [2.45, 2.75) is 0 Å². The standard InChI is InChI=1S/C21H11Cl2IN2O3/c22-15-3-1-12(24)6-14(15)21-26-17-7-13(2-4-18(17)29-21)25-9-11-5-19-20(8-16(11)23)28-10-27-19/h1-9H,10H2. The number of nitrogens with zero attached hydrogens (tertiary/aromatic N) is 2. The number of oxazole rings is 1. The molecule has 0 atom stereocenters. The van der Waals surface area contributed by atoms with Gasteiger partial charge in [0.05, 0.1) is 21.3 Å². The molecule has 5 nitrogen and oxygen atoms in total. The number of hydrogen-bond donors (Lipinski definition) is 0. The van der Waals surface area contributed by atoms with Gasteiger partial charge in [-0.05, 0) is 65.1 Å². The van der Waals surface area contributed by atoms with Gasteiger partial charge in [0.25, 0.3) is 0 Å². The van der Waals surface area contributed by atoms with Crippen LogP contribution in [0.5, 0.6) is 11.5 Å². The molecule has 8 heteroatoms. The molecule has 4 aromatic rings. The maximum Gasteiger partial charge on any atom is 0.231 e. The van der Waals surface area contributed by atoms with Crippen LogP contribution in [0.1, 0.15) is 5.56 Å². The zero-order valence-electron chi connectivity index (χ0n) is 14.7. The van der Waals surface area contributed by atoms with Gasteiger partial charge in [-0.15, -0.1) is 0 Å². The molecule has 0 aliphatic carbocycles. The van der Waals surface area contributed by atoms with Crippen molar-refractivity contribution in [3.8, 4) is 23.0 Å². The van der Waals surface area contributed by atoms with Crippen LogP contribution in [0.3, 0.4) is 0 Å². The number of hydrogen-bond acceptors (Lipinski definition) is 5. The molecule has 1 aromatic heterocycles. The van der Waals surface area contributed by atoms with Crippen LogP contribution in [0.25, 0.3) is 22.6 Å². The molecule has 0 radical (unpaired) electrons. The second-order valence-electron chi connectivity index (χ2n) is 6.28. The average molecular weight is 537 g/mol. The van der Waals surface area contributed by atoms with Crippen molar-refractivity contribution in [1.29, 1.82) is 0 Å². The number of aliphatic imine (C=N–C) groups is 1. The zero-order valence-corrected chi connectivity index (χ0v) is 18.3. The third-order valence-electron chi connectivity index (χ3n) is 4.37. The monoisotopic (exact) mass is 536 g/mol. The van der Waals surface area contributed by atoms with Crippen molar-refractivity contribution >= 4 is 68.8 Å². The Bertz CT molecular complexity index is 1290. The Morgan fingerprint density at radius 1 is 0.966 bits per heavy atom.